The number of fused-ring (bicyclic) bond motifs is 1. The monoisotopic (exact) mass is 316 g/mol. The molecule has 22 heavy (non-hydrogen) atoms. The quantitative estimate of drug-likeness (QED) is 0.729. The Labute approximate surface area is 133 Å². The van der Waals surface area contributed by atoms with Gasteiger partial charge in [0.25, 0.3) is 0 Å². The van der Waals surface area contributed by atoms with E-state index in [-0.39, 0.29) is 0 Å². The molecular weight excluding hydrogens is 296 g/mol. The van der Waals surface area contributed by atoms with E-state index in [1.807, 2.05) is 18.7 Å². The highest BCUT2D eigenvalue weighted by Crippen LogP contribution is 2.34. The summed E-state index contributed by atoms with van der Waals surface area (Å²) >= 11 is 1.75. The summed E-state index contributed by atoms with van der Waals surface area (Å²) in [4.78, 5) is 7.17. The van der Waals surface area contributed by atoms with E-state index in [1.54, 1.807) is 11.3 Å². The van der Waals surface area contributed by atoms with Gasteiger partial charge >= 0.3 is 0 Å². The molecule has 0 unspecified atom stereocenters. The Morgan fingerprint density at radius 2 is 2.05 bits per heavy atom. The summed E-state index contributed by atoms with van der Waals surface area (Å²) < 4.78 is 5.25. The molecule has 1 atom stereocenters. The van der Waals surface area contributed by atoms with Gasteiger partial charge in [0.15, 0.2) is 10.8 Å². The van der Waals surface area contributed by atoms with Crippen molar-refractivity contribution in [1.82, 2.24) is 24.5 Å². The van der Waals surface area contributed by atoms with Gasteiger partial charge in [-0.25, -0.2) is 9.67 Å². The highest BCUT2D eigenvalue weighted by molar-refractivity contribution is 7.22. The lowest BCUT2D eigenvalue weighted by Gasteiger charge is -2.16. The molecule has 0 spiro atoms. The van der Waals surface area contributed by atoms with Crippen LogP contribution < -0.4 is 4.90 Å². The molecule has 1 aliphatic rings. The van der Waals surface area contributed by atoms with Crippen LogP contribution in [0.4, 0.5) is 5.13 Å². The Balaban J connectivity index is 1.61. The largest absolute Gasteiger partial charge is 0.346 e. The van der Waals surface area contributed by atoms with Crippen LogP contribution in [-0.2, 0) is 7.05 Å². The molecule has 7 heteroatoms. The molecule has 4 rings (SSSR count). The van der Waals surface area contributed by atoms with Gasteiger partial charge in [-0.3, -0.25) is 4.68 Å². The van der Waals surface area contributed by atoms with Crippen molar-refractivity contribution < 1.29 is 0 Å². The fraction of sp³-hybridized carbons (Fsp3) is 0.533. The standard InChI is InChI=1S/C15H20N6S/c1-9-7-10(2)21(17-9)12-5-6-20(8-12)15-16-14-13(22-15)11(3)18-19(14)4/h7,12H,5-6,8H2,1-4H3/t12-/m0/s1. The first-order valence-electron chi connectivity index (χ1n) is 7.61. The number of anilines is 1. The average molecular weight is 316 g/mol. The normalized spacial score (nSPS) is 18.7. The second kappa shape index (κ2) is 4.81. The highest BCUT2D eigenvalue weighted by Gasteiger charge is 2.28. The number of thiazole rings is 1. The number of hydrogen-bond acceptors (Lipinski definition) is 5. The average Bonchev–Trinajstić information content (AvgIpc) is 3.17. The van der Waals surface area contributed by atoms with Crippen LogP contribution in [-0.4, -0.2) is 37.6 Å². The first-order valence-corrected chi connectivity index (χ1v) is 8.42. The van der Waals surface area contributed by atoms with Crippen molar-refractivity contribution in [3.63, 3.8) is 0 Å². The van der Waals surface area contributed by atoms with Gasteiger partial charge in [0.2, 0.25) is 0 Å². The summed E-state index contributed by atoms with van der Waals surface area (Å²) in [6.07, 6.45) is 1.12. The summed E-state index contributed by atoms with van der Waals surface area (Å²) in [6, 6.07) is 2.59. The molecule has 116 valence electrons. The molecule has 1 saturated heterocycles. The van der Waals surface area contributed by atoms with Gasteiger partial charge < -0.3 is 4.90 Å². The molecule has 0 N–H and O–H groups in total. The third-order valence-corrected chi connectivity index (χ3v) is 5.57. The number of hydrogen-bond donors (Lipinski definition) is 0. The molecule has 6 nitrogen and oxygen atoms in total. The maximum absolute atomic E-state index is 4.79. The van der Waals surface area contributed by atoms with Crippen molar-refractivity contribution in [3.05, 3.63) is 23.1 Å². The molecular formula is C15H20N6S. The Bertz CT molecular complexity index is 807. The Morgan fingerprint density at radius 1 is 1.23 bits per heavy atom. The molecule has 0 aromatic carbocycles. The van der Waals surface area contributed by atoms with E-state index in [1.165, 1.54) is 10.4 Å². The minimum Gasteiger partial charge on any atom is -0.346 e. The van der Waals surface area contributed by atoms with Crippen molar-refractivity contribution in [2.45, 2.75) is 33.2 Å². The third-order valence-electron chi connectivity index (χ3n) is 4.36. The lowest BCUT2D eigenvalue weighted by Crippen LogP contribution is -2.21. The Kier molecular flexibility index (Phi) is 3.00. The van der Waals surface area contributed by atoms with Crippen molar-refractivity contribution in [2.24, 2.45) is 7.05 Å². The molecule has 1 aliphatic heterocycles. The number of rotatable bonds is 2. The zero-order chi connectivity index (χ0) is 15.4. The summed E-state index contributed by atoms with van der Waals surface area (Å²) in [5.74, 6) is 0. The minimum absolute atomic E-state index is 0.444. The van der Waals surface area contributed by atoms with Crippen molar-refractivity contribution in [3.8, 4) is 0 Å². The Morgan fingerprint density at radius 3 is 2.73 bits per heavy atom. The van der Waals surface area contributed by atoms with E-state index < -0.39 is 0 Å². The minimum atomic E-state index is 0.444. The lowest BCUT2D eigenvalue weighted by molar-refractivity contribution is 0.481. The van der Waals surface area contributed by atoms with Crippen LogP contribution in [0, 0.1) is 20.8 Å². The van der Waals surface area contributed by atoms with E-state index in [0.717, 1.165) is 41.7 Å². The molecule has 0 amide bonds. The zero-order valence-electron chi connectivity index (χ0n) is 13.4. The maximum atomic E-state index is 4.79. The van der Waals surface area contributed by atoms with Crippen LogP contribution in [0.3, 0.4) is 0 Å². The SMILES string of the molecule is Cc1cc(C)n([C@H]2CCN(c3nc4c(s3)c(C)nn4C)C2)n1. The number of aromatic nitrogens is 5. The fourth-order valence-electron chi connectivity index (χ4n) is 3.34. The fourth-order valence-corrected chi connectivity index (χ4v) is 4.41. The summed E-state index contributed by atoms with van der Waals surface area (Å²) in [6.45, 7) is 8.26. The van der Waals surface area contributed by atoms with Crippen molar-refractivity contribution >= 4 is 26.8 Å². The van der Waals surface area contributed by atoms with Gasteiger partial charge in [0.1, 0.15) is 0 Å². The van der Waals surface area contributed by atoms with E-state index >= 15 is 0 Å². The molecule has 0 radical (unpaired) electrons. The predicted molar refractivity (Wildman–Crippen MR) is 88.7 cm³/mol. The first-order chi connectivity index (χ1) is 10.5. The van der Waals surface area contributed by atoms with Gasteiger partial charge in [-0.2, -0.15) is 10.2 Å². The first kappa shape index (κ1) is 13.8. The smallest absolute Gasteiger partial charge is 0.188 e. The number of aryl methyl sites for hydroxylation is 4. The number of nitrogens with zero attached hydrogens (tertiary/aromatic N) is 6. The van der Waals surface area contributed by atoms with Crippen LogP contribution in [0.5, 0.6) is 0 Å². The van der Waals surface area contributed by atoms with Crippen LogP contribution >= 0.6 is 11.3 Å². The molecule has 3 aromatic rings. The van der Waals surface area contributed by atoms with Gasteiger partial charge in [-0.15, -0.1) is 0 Å². The summed E-state index contributed by atoms with van der Waals surface area (Å²) in [7, 11) is 1.96. The maximum Gasteiger partial charge on any atom is 0.188 e. The molecule has 0 aliphatic carbocycles. The van der Waals surface area contributed by atoms with Crippen LogP contribution in [0.2, 0.25) is 0 Å². The molecule has 1 fully saturated rings. The van der Waals surface area contributed by atoms with E-state index in [9.17, 15) is 0 Å². The van der Waals surface area contributed by atoms with E-state index in [2.05, 4.69) is 39.7 Å². The van der Waals surface area contributed by atoms with Gasteiger partial charge in [-0.1, -0.05) is 11.3 Å². The van der Waals surface area contributed by atoms with Crippen molar-refractivity contribution in [1.29, 1.82) is 0 Å². The highest BCUT2D eigenvalue weighted by atomic mass is 32.1. The second-order valence-corrected chi connectivity index (χ2v) is 7.10. The van der Waals surface area contributed by atoms with Crippen LogP contribution in [0.25, 0.3) is 10.3 Å². The zero-order valence-corrected chi connectivity index (χ0v) is 14.2. The van der Waals surface area contributed by atoms with E-state index in [4.69, 9.17) is 4.98 Å². The lowest BCUT2D eigenvalue weighted by atomic mass is 10.2. The van der Waals surface area contributed by atoms with Crippen LogP contribution in [0.1, 0.15) is 29.5 Å². The van der Waals surface area contributed by atoms with Gasteiger partial charge in [0.05, 0.1) is 22.1 Å². The predicted octanol–water partition coefficient (Wildman–Crippen LogP) is 2.60. The molecule has 0 bridgehead atoms. The summed E-state index contributed by atoms with van der Waals surface area (Å²) in [5.41, 5.74) is 4.40. The molecule has 4 heterocycles. The third kappa shape index (κ3) is 2.03. The Hall–Kier alpha value is -1.89. The van der Waals surface area contributed by atoms with Gasteiger partial charge in [-0.05, 0) is 33.3 Å². The molecule has 3 aromatic heterocycles. The van der Waals surface area contributed by atoms with E-state index in [0.29, 0.717) is 6.04 Å². The summed E-state index contributed by atoms with van der Waals surface area (Å²) in [5, 5.41) is 10.2. The van der Waals surface area contributed by atoms with Crippen molar-refractivity contribution in [2.75, 3.05) is 18.0 Å². The van der Waals surface area contributed by atoms with Gasteiger partial charge in [0, 0.05) is 25.8 Å². The van der Waals surface area contributed by atoms with Crippen LogP contribution in [0.15, 0.2) is 6.07 Å². The second-order valence-electron chi connectivity index (χ2n) is 6.12. The molecule has 0 saturated carbocycles. The topological polar surface area (TPSA) is 51.8 Å².